The van der Waals surface area contributed by atoms with Gasteiger partial charge >= 0.3 is 18.1 Å². The number of esters is 2. The van der Waals surface area contributed by atoms with Crippen LogP contribution in [0.15, 0.2) is 24.3 Å². The number of thiocarbonyl (C=S) groups is 1. The smallest absolute Gasteiger partial charge is 0.416 e. The third-order valence-electron chi connectivity index (χ3n) is 3.60. The highest BCUT2D eigenvalue weighted by Gasteiger charge is 2.30. The van der Waals surface area contributed by atoms with Crippen molar-refractivity contribution in [3.05, 3.63) is 45.8 Å². The van der Waals surface area contributed by atoms with Crippen LogP contribution < -0.4 is 10.6 Å². The number of hydrogen-bond acceptors (Lipinski definition) is 6. The summed E-state index contributed by atoms with van der Waals surface area (Å²) < 4.78 is 47.3. The van der Waals surface area contributed by atoms with Crippen LogP contribution in [0.25, 0.3) is 0 Å². The second-order valence-electron chi connectivity index (χ2n) is 5.40. The van der Waals surface area contributed by atoms with Crippen LogP contribution in [-0.4, -0.2) is 31.3 Å². The molecule has 0 spiro atoms. The van der Waals surface area contributed by atoms with E-state index in [0.29, 0.717) is 11.3 Å². The first kappa shape index (κ1) is 21.6. The van der Waals surface area contributed by atoms with Gasteiger partial charge in [-0.15, -0.1) is 11.3 Å². The van der Waals surface area contributed by atoms with Gasteiger partial charge in [0.15, 0.2) is 5.11 Å². The van der Waals surface area contributed by atoms with E-state index in [-0.39, 0.29) is 20.6 Å². The summed E-state index contributed by atoms with van der Waals surface area (Å²) in [7, 11) is 2.41. The summed E-state index contributed by atoms with van der Waals surface area (Å²) in [6.45, 7) is 1.56. The summed E-state index contributed by atoms with van der Waals surface area (Å²) in [5.74, 6) is -1.30. The van der Waals surface area contributed by atoms with Gasteiger partial charge in [-0.25, -0.2) is 9.59 Å². The van der Waals surface area contributed by atoms with Crippen molar-refractivity contribution in [2.75, 3.05) is 24.9 Å². The van der Waals surface area contributed by atoms with E-state index in [2.05, 4.69) is 15.4 Å². The third kappa shape index (κ3) is 4.78. The lowest BCUT2D eigenvalue weighted by molar-refractivity contribution is -0.137. The molecule has 2 rings (SSSR count). The summed E-state index contributed by atoms with van der Waals surface area (Å²) in [5, 5.41) is 5.74. The van der Waals surface area contributed by atoms with Gasteiger partial charge in [0.05, 0.1) is 25.3 Å². The molecular weight excluding hydrogens is 417 g/mol. The van der Waals surface area contributed by atoms with Gasteiger partial charge < -0.3 is 20.1 Å². The van der Waals surface area contributed by atoms with Gasteiger partial charge in [0.1, 0.15) is 9.88 Å². The van der Waals surface area contributed by atoms with Gasteiger partial charge in [-0.05, 0) is 49.0 Å². The summed E-state index contributed by atoms with van der Waals surface area (Å²) in [6.07, 6.45) is -4.44. The van der Waals surface area contributed by atoms with Gasteiger partial charge in [-0.1, -0.05) is 0 Å². The quantitative estimate of drug-likeness (QED) is 0.546. The highest BCUT2D eigenvalue weighted by molar-refractivity contribution is 7.80. The molecule has 2 N–H and O–H groups in total. The lowest BCUT2D eigenvalue weighted by Crippen LogP contribution is -2.20. The number of carbonyl (C=O) groups is 2. The molecule has 1 heterocycles. The molecule has 0 saturated carbocycles. The topological polar surface area (TPSA) is 76.7 Å². The molecule has 0 radical (unpaired) electrons. The molecule has 0 amide bonds. The molecule has 28 heavy (non-hydrogen) atoms. The molecule has 11 heteroatoms. The third-order valence-corrected chi connectivity index (χ3v) is 5.00. The second-order valence-corrected chi connectivity index (χ2v) is 6.83. The molecule has 0 unspecified atom stereocenters. The molecule has 6 nitrogen and oxygen atoms in total. The lowest BCUT2D eigenvalue weighted by Gasteiger charge is -2.12. The Morgan fingerprint density at radius 2 is 1.61 bits per heavy atom. The fourth-order valence-electron chi connectivity index (χ4n) is 2.24. The summed E-state index contributed by atoms with van der Waals surface area (Å²) in [6, 6.07) is 4.26. The standard InChI is InChI=1S/C17H15F3N2O4S2/c1-8-11(14(23)25-2)13(28-12(8)15(24)26-3)22-16(27)21-10-6-4-9(5-7-10)17(18,19)20/h4-7H,1-3H3,(H2,21,22,27). The van der Waals surface area contributed by atoms with Gasteiger partial charge in [-0.2, -0.15) is 13.2 Å². The van der Waals surface area contributed by atoms with E-state index in [1.807, 2.05) is 0 Å². The molecule has 0 aliphatic carbocycles. The predicted octanol–water partition coefficient (Wildman–Crippen LogP) is 4.46. The molecule has 1 aromatic heterocycles. The molecule has 0 aliphatic rings. The Balaban J connectivity index is 2.23. The van der Waals surface area contributed by atoms with E-state index in [0.717, 1.165) is 23.5 Å². The fourth-order valence-corrected chi connectivity index (χ4v) is 3.65. The number of rotatable bonds is 4. The van der Waals surface area contributed by atoms with Crippen molar-refractivity contribution in [2.45, 2.75) is 13.1 Å². The molecular formula is C17H15F3N2O4S2. The van der Waals surface area contributed by atoms with E-state index in [4.69, 9.17) is 17.0 Å². The Hall–Kier alpha value is -2.66. The van der Waals surface area contributed by atoms with Crippen LogP contribution in [0.3, 0.4) is 0 Å². The average Bonchev–Trinajstić information content (AvgIpc) is 2.96. The van der Waals surface area contributed by atoms with Crippen LogP contribution in [0.2, 0.25) is 0 Å². The Morgan fingerprint density at radius 1 is 1.04 bits per heavy atom. The number of halogens is 3. The average molecular weight is 432 g/mol. The van der Waals surface area contributed by atoms with Crippen molar-refractivity contribution < 1.29 is 32.2 Å². The number of hydrogen-bond donors (Lipinski definition) is 2. The molecule has 0 aliphatic heterocycles. The summed E-state index contributed by atoms with van der Waals surface area (Å²) in [4.78, 5) is 24.1. The molecule has 0 atom stereocenters. The second kappa shape index (κ2) is 8.57. The van der Waals surface area contributed by atoms with E-state index in [9.17, 15) is 22.8 Å². The summed E-state index contributed by atoms with van der Waals surface area (Å²) >= 11 is 6.09. The molecule has 2 aromatic rings. The van der Waals surface area contributed by atoms with Crippen molar-refractivity contribution >= 4 is 51.3 Å². The van der Waals surface area contributed by atoms with Crippen LogP contribution >= 0.6 is 23.6 Å². The lowest BCUT2D eigenvalue weighted by atomic mass is 10.1. The maximum absolute atomic E-state index is 12.6. The zero-order chi connectivity index (χ0) is 21.1. The van der Waals surface area contributed by atoms with Crippen LogP contribution in [0.4, 0.5) is 23.9 Å². The van der Waals surface area contributed by atoms with Crippen molar-refractivity contribution in [3.8, 4) is 0 Å². The minimum Gasteiger partial charge on any atom is -0.465 e. The summed E-state index contributed by atoms with van der Waals surface area (Å²) in [5.41, 5.74) is 0.00101. The van der Waals surface area contributed by atoms with Gasteiger partial charge in [0, 0.05) is 5.69 Å². The number of anilines is 2. The van der Waals surface area contributed by atoms with Crippen molar-refractivity contribution in [2.24, 2.45) is 0 Å². The normalized spacial score (nSPS) is 10.9. The first-order valence-electron chi connectivity index (χ1n) is 7.63. The van der Waals surface area contributed by atoms with E-state index in [1.54, 1.807) is 6.92 Å². The monoisotopic (exact) mass is 432 g/mol. The largest absolute Gasteiger partial charge is 0.465 e. The van der Waals surface area contributed by atoms with Crippen molar-refractivity contribution in [3.63, 3.8) is 0 Å². The van der Waals surface area contributed by atoms with Crippen molar-refractivity contribution in [1.82, 2.24) is 0 Å². The molecule has 0 saturated heterocycles. The highest BCUT2D eigenvalue weighted by Crippen LogP contribution is 2.34. The number of alkyl halides is 3. The van der Waals surface area contributed by atoms with Crippen LogP contribution in [0.5, 0.6) is 0 Å². The molecule has 0 bridgehead atoms. The number of benzene rings is 1. The number of methoxy groups -OCH3 is 2. The fraction of sp³-hybridized carbons (Fsp3) is 0.235. The van der Waals surface area contributed by atoms with Gasteiger partial charge in [0.2, 0.25) is 0 Å². The zero-order valence-electron chi connectivity index (χ0n) is 14.9. The van der Waals surface area contributed by atoms with Gasteiger partial charge in [-0.3, -0.25) is 0 Å². The minimum atomic E-state index is -4.44. The maximum atomic E-state index is 12.6. The molecule has 150 valence electrons. The van der Waals surface area contributed by atoms with E-state index >= 15 is 0 Å². The van der Waals surface area contributed by atoms with Gasteiger partial charge in [0.25, 0.3) is 0 Å². The van der Waals surface area contributed by atoms with Crippen LogP contribution in [0.1, 0.15) is 31.2 Å². The first-order chi connectivity index (χ1) is 13.1. The minimum absolute atomic E-state index is 0.0163. The first-order valence-corrected chi connectivity index (χ1v) is 8.86. The van der Waals surface area contributed by atoms with E-state index < -0.39 is 23.7 Å². The maximum Gasteiger partial charge on any atom is 0.416 e. The number of nitrogens with one attached hydrogen (secondary N) is 2. The van der Waals surface area contributed by atoms with Crippen molar-refractivity contribution in [1.29, 1.82) is 0 Å². The Bertz CT molecular complexity index is 908. The SMILES string of the molecule is COC(=O)c1sc(NC(=S)Nc2ccc(C(F)(F)F)cc2)c(C(=O)OC)c1C. The van der Waals surface area contributed by atoms with E-state index in [1.165, 1.54) is 26.4 Å². The van der Waals surface area contributed by atoms with Crippen LogP contribution in [0, 0.1) is 6.92 Å². The van der Waals surface area contributed by atoms with Crippen LogP contribution in [-0.2, 0) is 15.7 Å². The number of thiophene rings is 1. The Labute approximate surface area is 167 Å². The number of ether oxygens (including phenoxy) is 2. The Morgan fingerprint density at radius 3 is 2.11 bits per heavy atom. The zero-order valence-corrected chi connectivity index (χ0v) is 16.5. The number of carbonyl (C=O) groups excluding carboxylic acids is 2. The predicted molar refractivity (Wildman–Crippen MR) is 103 cm³/mol. The highest BCUT2D eigenvalue weighted by atomic mass is 32.1. The molecule has 0 fully saturated rings. The molecule has 1 aromatic carbocycles. The Kier molecular flexibility index (Phi) is 6.62.